The molecule has 0 radical (unpaired) electrons. The molecule has 0 spiro atoms. The topological polar surface area (TPSA) is 48.6 Å². The number of rotatable bonds is 6. The van der Waals surface area contributed by atoms with E-state index in [0.29, 0.717) is 23.8 Å². The Morgan fingerprint density at radius 1 is 1.26 bits per heavy atom. The van der Waals surface area contributed by atoms with Crippen LogP contribution in [0.5, 0.6) is 11.6 Å². The van der Waals surface area contributed by atoms with Crippen LogP contribution in [0.1, 0.15) is 32.0 Å². The van der Waals surface area contributed by atoms with Gasteiger partial charge in [0.15, 0.2) is 0 Å². The third-order valence-electron chi connectivity index (χ3n) is 3.32. The fourth-order valence-electron chi connectivity index (χ4n) is 2.08. The van der Waals surface area contributed by atoms with Crippen molar-refractivity contribution < 1.29 is 14.0 Å². The van der Waals surface area contributed by atoms with E-state index in [1.807, 2.05) is 6.92 Å². The number of nitrogens with zero attached hydrogens (tertiary/aromatic N) is 3. The quantitative estimate of drug-likeness (QED) is 0.323. The smallest absolute Gasteiger partial charge is 0.226 e. The van der Waals surface area contributed by atoms with E-state index in [0.717, 1.165) is 5.69 Å². The standard InChI is InChI=1S/C21H24FN3O2/c1-16-19(15-23-26-14-8-6-7-13-21(2,3)4)20(25(5)24-16)27-18-11-9-17(22)10-12-18/h6,8-12,15H,14H2,1-5H3. The minimum absolute atomic E-state index is 0.0257. The SMILES string of the molecule is Cc1nn(C)c(Oc2ccc(F)cc2)c1C=NOCC=CC#CC(C)(C)C. The summed E-state index contributed by atoms with van der Waals surface area (Å²) >= 11 is 0. The first-order valence-electron chi connectivity index (χ1n) is 8.56. The number of halogens is 1. The van der Waals surface area contributed by atoms with Crippen LogP contribution in [0.25, 0.3) is 0 Å². The van der Waals surface area contributed by atoms with Gasteiger partial charge in [0, 0.05) is 12.5 Å². The van der Waals surface area contributed by atoms with Crippen LogP contribution in [0.15, 0.2) is 41.6 Å². The molecule has 6 heteroatoms. The number of benzene rings is 1. The summed E-state index contributed by atoms with van der Waals surface area (Å²) in [5, 5.41) is 8.29. The Balaban J connectivity index is 1.99. The second-order valence-electron chi connectivity index (χ2n) is 6.94. The minimum atomic E-state index is -0.320. The van der Waals surface area contributed by atoms with E-state index in [-0.39, 0.29) is 11.2 Å². The number of allylic oxidation sites excluding steroid dienone is 1. The maximum atomic E-state index is 13.0. The number of aromatic nitrogens is 2. The average Bonchev–Trinajstić information content (AvgIpc) is 2.85. The highest BCUT2D eigenvalue weighted by Gasteiger charge is 2.14. The van der Waals surface area contributed by atoms with Gasteiger partial charge >= 0.3 is 0 Å². The first-order chi connectivity index (χ1) is 12.8. The molecule has 0 fully saturated rings. The Hall–Kier alpha value is -3.07. The first kappa shape index (κ1) is 20.2. The summed E-state index contributed by atoms with van der Waals surface area (Å²) in [5.41, 5.74) is 1.41. The van der Waals surface area contributed by atoms with Crippen molar-refractivity contribution in [2.24, 2.45) is 17.6 Å². The predicted molar refractivity (Wildman–Crippen MR) is 104 cm³/mol. The Bertz CT molecular complexity index is 879. The normalized spacial score (nSPS) is 11.6. The van der Waals surface area contributed by atoms with Crippen molar-refractivity contribution in [3.05, 3.63) is 53.5 Å². The maximum Gasteiger partial charge on any atom is 0.226 e. The number of ether oxygens (including phenoxy) is 1. The number of oxime groups is 1. The highest BCUT2D eigenvalue weighted by Crippen LogP contribution is 2.26. The van der Waals surface area contributed by atoms with Crippen molar-refractivity contribution in [3.63, 3.8) is 0 Å². The van der Waals surface area contributed by atoms with Gasteiger partial charge in [-0.3, -0.25) is 0 Å². The lowest BCUT2D eigenvalue weighted by molar-refractivity contribution is 0.176. The molecular formula is C21H24FN3O2. The molecule has 0 saturated heterocycles. The monoisotopic (exact) mass is 369 g/mol. The molecule has 0 aliphatic carbocycles. The highest BCUT2D eigenvalue weighted by atomic mass is 19.1. The lowest BCUT2D eigenvalue weighted by Crippen LogP contribution is -1.98. The van der Waals surface area contributed by atoms with Crippen molar-refractivity contribution in [3.8, 4) is 23.5 Å². The van der Waals surface area contributed by atoms with E-state index in [9.17, 15) is 4.39 Å². The van der Waals surface area contributed by atoms with Gasteiger partial charge in [0.25, 0.3) is 0 Å². The molecular weight excluding hydrogens is 345 g/mol. The molecule has 0 saturated carbocycles. The van der Waals surface area contributed by atoms with Crippen molar-refractivity contribution in [2.75, 3.05) is 6.61 Å². The van der Waals surface area contributed by atoms with Gasteiger partial charge in [-0.15, -0.1) is 0 Å². The Kier molecular flexibility index (Phi) is 6.78. The molecule has 0 atom stereocenters. The van der Waals surface area contributed by atoms with Crippen LogP contribution < -0.4 is 4.74 Å². The maximum absolute atomic E-state index is 13.0. The highest BCUT2D eigenvalue weighted by molar-refractivity contribution is 5.84. The zero-order valence-corrected chi connectivity index (χ0v) is 16.3. The fraction of sp³-hybridized carbons (Fsp3) is 0.333. The zero-order valence-electron chi connectivity index (χ0n) is 16.3. The molecule has 2 aromatic rings. The minimum Gasteiger partial charge on any atom is -0.439 e. The predicted octanol–water partition coefficient (Wildman–Crippen LogP) is 4.62. The van der Waals surface area contributed by atoms with Gasteiger partial charge in [-0.2, -0.15) is 5.10 Å². The van der Waals surface area contributed by atoms with Crippen molar-refractivity contribution in [2.45, 2.75) is 27.7 Å². The Morgan fingerprint density at radius 2 is 1.96 bits per heavy atom. The summed E-state index contributed by atoms with van der Waals surface area (Å²) in [5.74, 6) is 6.75. The van der Waals surface area contributed by atoms with Gasteiger partial charge in [-0.25, -0.2) is 9.07 Å². The molecule has 0 aliphatic heterocycles. The largest absolute Gasteiger partial charge is 0.439 e. The number of hydrogen-bond acceptors (Lipinski definition) is 4. The fourth-order valence-corrected chi connectivity index (χ4v) is 2.08. The molecule has 0 amide bonds. The van der Waals surface area contributed by atoms with Crippen LogP contribution in [0, 0.1) is 30.0 Å². The molecule has 0 bridgehead atoms. The molecule has 1 heterocycles. The van der Waals surface area contributed by atoms with E-state index in [2.05, 4.69) is 42.9 Å². The van der Waals surface area contributed by atoms with Crippen LogP contribution >= 0.6 is 0 Å². The molecule has 1 aromatic heterocycles. The summed E-state index contributed by atoms with van der Waals surface area (Å²) in [6, 6.07) is 5.78. The van der Waals surface area contributed by atoms with Crippen molar-refractivity contribution in [1.29, 1.82) is 0 Å². The van der Waals surface area contributed by atoms with Crippen molar-refractivity contribution in [1.82, 2.24) is 9.78 Å². The van der Waals surface area contributed by atoms with E-state index in [1.54, 1.807) is 42.2 Å². The first-order valence-corrected chi connectivity index (χ1v) is 8.56. The molecule has 0 N–H and O–H groups in total. The van der Waals surface area contributed by atoms with Gasteiger partial charge < -0.3 is 9.57 Å². The average molecular weight is 369 g/mol. The summed E-state index contributed by atoms with van der Waals surface area (Å²) in [4.78, 5) is 5.23. The summed E-state index contributed by atoms with van der Waals surface area (Å²) in [7, 11) is 1.76. The number of hydrogen-bond donors (Lipinski definition) is 0. The van der Waals surface area contributed by atoms with E-state index >= 15 is 0 Å². The molecule has 1 aromatic carbocycles. The van der Waals surface area contributed by atoms with Gasteiger partial charge in [0.1, 0.15) is 18.2 Å². The molecule has 27 heavy (non-hydrogen) atoms. The van der Waals surface area contributed by atoms with Crippen LogP contribution in [0.3, 0.4) is 0 Å². The van der Waals surface area contributed by atoms with Crippen molar-refractivity contribution >= 4 is 6.21 Å². The molecule has 0 unspecified atom stereocenters. The molecule has 5 nitrogen and oxygen atoms in total. The van der Waals surface area contributed by atoms with Crippen LogP contribution in [0.2, 0.25) is 0 Å². The second kappa shape index (κ2) is 9.04. The lowest BCUT2D eigenvalue weighted by Gasteiger charge is -2.06. The summed E-state index contributed by atoms with van der Waals surface area (Å²) < 4.78 is 20.5. The van der Waals surface area contributed by atoms with Crippen LogP contribution in [-0.4, -0.2) is 22.6 Å². The second-order valence-corrected chi connectivity index (χ2v) is 6.94. The van der Waals surface area contributed by atoms with E-state index < -0.39 is 0 Å². The van der Waals surface area contributed by atoms with Crippen LogP contribution in [0.4, 0.5) is 4.39 Å². The lowest BCUT2D eigenvalue weighted by atomic mass is 9.98. The summed E-state index contributed by atoms with van der Waals surface area (Å²) in [6.45, 7) is 8.31. The van der Waals surface area contributed by atoms with E-state index in [4.69, 9.17) is 9.57 Å². The number of aryl methyl sites for hydroxylation is 2. The van der Waals surface area contributed by atoms with Crippen LogP contribution in [-0.2, 0) is 11.9 Å². The van der Waals surface area contributed by atoms with Gasteiger partial charge in [0.05, 0.1) is 17.5 Å². The van der Waals surface area contributed by atoms with Gasteiger partial charge in [-0.1, -0.05) is 17.0 Å². The van der Waals surface area contributed by atoms with E-state index in [1.165, 1.54) is 12.1 Å². The van der Waals surface area contributed by atoms with Gasteiger partial charge in [-0.05, 0) is 64.1 Å². The Morgan fingerprint density at radius 3 is 2.63 bits per heavy atom. The summed E-state index contributed by atoms with van der Waals surface area (Å²) in [6.07, 6.45) is 5.09. The third-order valence-corrected chi connectivity index (χ3v) is 3.32. The molecule has 142 valence electrons. The zero-order chi connectivity index (χ0) is 19.9. The molecule has 0 aliphatic rings. The van der Waals surface area contributed by atoms with Gasteiger partial charge in [0.2, 0.25) is 5.88 Å². The molecule has 2 rings (SSSR count). The Labute approximate surface area is 159 Å². The third kappa shape index (κ3) is 6.63.